The zero-order chi connectivity index (χ0) is 9.90. The number of hydrogen-bond donors (Lipinski definition) is 1. The van der Waals surface area contributed by atoms with Crippen LogP contribution in [0.1, 0.15) is 6.92 Å². The fourth-order valence-electron chi connectivity index (χ4n) is 0.969. The Balaban J connectivity index is 3.09. The van der Waals surface area contributed by atoms with Crippen LogP contribution in [0.4, 0.5) is 0 Å². The zero-order valence-corrected chi connectivity index (χ0v) is 8.29. The molecule has 72 valence electrons. The van der Waals surface area contributed by atoms with Crippen LogP contribution in [0.5, 0.6) is 0 Å². The van der Waals surface area contributed by atoms with Gasteiger partial charge >= 0.3 is 0 Å². The van der Waals surface area contributed by atoms with Crippen LogP contribution in [0, 0.1) is 0 Å². The number of nitrogens with two attached hydrogens (primary N) is 1. The maximum Gasteiger partial charge on any atom is 0.182 e. The fourth-order valence-corrected chi connectivity index (χ4v) is 2.22. The summed E-state index contributed by atoms with van der Waals surface area (Å²) < 4.78 is 23.4. The molecule has 4 heteroatoms. The number of sulfone groups is 1. The van der Waals surface area contributed by atoms with Crippen LogP contribution >= 0.6 is 0 Å². The predicted octanol–water partition coefficient (Wildman–Crippen LogP) is 0.808. The van der Waals surface area contributed by atoms with Crippen LogP contribution in [0.3, 0.4) is 0 Å². The van der Waals surface area contributed by atoms with Gasteiger partial charge in [0.2, 0.25) is 0 Å². The molecule has 0 bridgehead atoms. The molecule has 1 unspecified atom stereocenters. The van der Waals surface area contributed by atoms with Crippen LogP contribution in [0.2, 0.25) is 0 Å². The maximum absolute atomic E-state index is 11.7. The highest BCUT2D eigenvalue weighted by Gasteiger charge is 2.20. The maximum atomic E-state index is 11.7. The summed E-state index contributed by atoms with van der Waals surface area (Å²) in [4.78, 5) is 0.341. The Morgan fingerprint density at radius 2 is 1.85 bits per heavy atom. The molecule has 1 rings (SSSR count). The zero-order valence-electron chi connectivity index (χ0n) is 7.47. The Morgan fingerprint density at radius 3 is 2.31 bits per heavy atom. The Hall–Kier alpha value is -0.870. The van der Waals surface area contributed by atoms with Crippen molar-refractivity contribution in [2.75, 3.05) is 6.54 Å². The van der Waals surface area contributed by atoms with Gasteiger partial charge in [0.1, 0.15) is 0 Å². The second-order valence-corrected chi connectivity index (χ2v) is 5.27. The van der Waals surface area contributed by atoms with Gasteiger partial charge in [-0.15, -0.1) is 0 Å². The van der Waals surface area contributed by atoms with Gasteiger partial charge in [0.15, 0.2) is 9.84 Å². The normalized spacial score (nSPS) is 14.0. The molecule has 0 aliphatic heterocycles. The molecule has 0 radical (unpaired) electrons. The van der Waals surface area contributed by atoms with Crippen molar-refractivity contribution in [1.29, 1.82) is 0 Å². The van der Waals surface area contributed by atoms with Crippen molar-refractivity contribution in [2.45, 2.75) is 17.1 Å². The molecule has 1 aromatic rings. The van der Waals surface area contributed by atoms with Gasteiger partial charge in [0.25, 0.3) is 0 Å². The summed E-state index contributed by atoms with van der Waals surface area (Å²) in [5.74, 6) is 0. The van der Waals surface area contributed by atoms with Crippen molar-refractivity contribution in [3.8, 4) is 0 Å². The third kappa shape index (κ3) is 2.08. The van der Waals surface area contributed by atoms with Gasteiger partial charge in [0, 0.05) is 6.54 Å². The van der Waals surface area contributed by atoms with E-state index in [9.17, 15) is 8.42 Å². The van der Waals surface area contributed by atoms with E-state index in [1.165, 1.54) is 0 Å². The molecule has 0 amide bonds. The van der Waals surface area contributed by atoms with Crippen molar-refractivity contribution in [1.82, 2.24) is 0 Å². The first kappa shape index (κ1) is 10.2. The van der Waals surface area contributed by atoms with Gasteiger partial charge < -0.3 is 5.73 Å². The van der Waals surface area contributed by atoms with E-state index in [1.807, 2.05) is 0 Å². The molecule has 1 aromatic carbocycles. The van der Waals surface area contributed by atoms with Crippen molar-refractivity contribution in [3.05, 3.63) is 30.3 Å². The molecule has 0 heterocycles. The molecule has 13 heavy (non-hydrogen) atoms. The lowest BCUT2D eigenvalue weighted by molar-refractivity contribution is 0.584. The molecular formula is C9H13NO2S. The highest BCUT2D eigenvalue weighted by Crippen LogP contribution is 2.14. The summed E-state index contributed by atoms with van der Waals surface area (Å²) in [7, 11) is -3.21. The quantitative estimate of drug-likeness (QED) is 0.783. The van der Waals surface area contributed by atoms with Gasteiger partial charge in [-0.25, -0.2) is 8.42 Å². The molecule has 0 saturated carbocycles. The molecule has 0 aromatic heterocycles. The second-order valence-electron chi connectivity index (χ2n) is 2.90. The van der Waals surface area contributed by atoms with Crippen LogP contribution in [0.25, 0.3) is 0 Å². The van der Waals surface area contributed by atoms with E-state index in [-0.39, 0.29) is 6.54 Å². The van der Waals surface area contributed by atoms with Crippen molar-refractivity contribution in [3.63, 3.8) is 0 Å². The summed E-state index contributed by atoms with van der Waals surface area (Å²) in [6, 6.07) is 8.36. The third-order valence-corrected chi connectivity index (χ3v) is 4.11. The van der Waals surface area contributed by atoms with Gasteiger partial charge in [-0.2, -0.15) is 0 Å². The van der Waals surface area contributed by atoms with Gasteiger partial charge in [0.05, 0.1) is 10.1 Å². The van der Waals surface area contributed by atoms with Gasteiger partial charge in [-0.05, 0) is 19.1 Å². The number of hydrogen-bond acceptors (Lipinski definition) is 3. The van der Waals surface area contributed by atoms with Gasteiger partial charge in [-0.1, -0.05) is 18.2 Å². The average molecular weight is 199 g/mol. The van der Waals surface area contributed by atoms with Crippen molar-refractivity contribution >= 4 is 9.84 Å². The van der Waals surface area contributed by atoms with E-state index in [4.69, 9.17) is 5.73 Å². The molecular weight excluding hydrogens is 186 g/mol. The SMILES string of the molecule is CC(CN)S(=O)(=O)c1ccccc1. The highest BCUT2D eigenvalue weighted by molar-refractivity contribution is 7.92. The van der Waals surface area contributed by atoms with E-state index in [2.05, 4.69) is 0 Å². The number of rotatable bonds is 3. The fraction of sp³-hybridized carbons (Fsp3) is 0.333. The monoisotopic (exact) mass is 199 g/mol. The number of benzene rings is 1. The van der Waals surface area contributed by atoms with Crippen LogP contribution in [-0.4, -0.2) is 20.2 Å². The minimum atomic E-state index is -3.21. The van der Waals surface area contributed by atoms with E-state index >= 15 is 0 Å². The molecule has 2 N–H and O–H groups in total. The van der Waals surface area contributed by atoms with Crippen LogP contribution in [-0.2, 0) is 9.84 Å². The Morgan fingerprint density at radius 1 is 1.31 bits per heavy atom. The van der Waals surface area contributed by atoms with Crippen molar-refractivity contribution < 1.29 is 8.42 Å². The highest BCUT2D eigenvalue weighted by atomic mass is 32.2. The molecule has 1 atom stereocenters. The summed E-state index contributed by atoms with van der Waals surface area (Å²) in [6.07, 6.45) is 0. The molecule has 0 spiro atoms. The molecule has 3 nitrogen and oxygen atoms in total. The molecule has 0 aliphatic carbocycles. The second kappa shape index (κ2) is 3.89. The van der Waals surface area contributed by atoms with E-state index in [0.29, 0.717) is 4.90 Å². The first-order valence-electron chi connectivity index (χ1n) is 4.08. The van der Waals surface area contributed by atoms with E-state index in [1.54, 1.807) is 37.3 Å². The summed E-state index contributed by atoms with van der Waals surface area (Å²) in [5, 5.41) is -0.519. The Labute approximate surface area is 78.5 Å². The van der Waals surface area contributed by atoms with E-state index < -0.39 is 15.1 Å². The predicted molar refractivity (Wildman–Crippen MR) is 52.1 cm³/mol. The third-order valence-electron chi connectivity index (χ3n) is 1.93. The molecule has 0 fully saturated rings. The first-order valence-corrected chi connectivity index (χ1v) is 5.62. The van der Waals surface area contributed by atoms with Crippen molar-refractivity contribution in [2.24, 2.45) is 5.73 Å². The summed E-state index contributed by atoms with van der Waals surface area (Å²) >= 11 is 0. The first-order chi connectivity index (χ1) is 6.09. The molecule has 0 saturated heterocycles. The topological polar surface area (TPSA) is 60.2 Å². The molecule has 0 aliphatic rings. The average Bonchev–Trinajstić information content (AvgIpc) is 2.18. The lowest BCUT2D eigenvalue weighted by atomic mass is 10.4. The minimum Gasteiger partial charge on any atom is -0.329 e. The largest absolute Gasteiger partial charge is 0.329 e. The van der Waals surface area contributed by atoms with Crippen LogP contribution < -0.4 is 5.73 Å². The Bertz CT molecular complexity index is 358. The smallest absolute Gasteiger partial charge is 0.182 e. The van der Waals surface area contributed by atoms with Gasteiger partial charge in [-0.3, -0.25) is 0 Å². The standard InChI is InChI=1S/C9H13NO2S/c1-8(7-10)13(11,12)9-5-3-2-4-6-9/h2-6,8H,7,10H2,1H3. The lowest BCUT2D eigenvalue weighted by Crippen LogP contribution is -2.26. The summed E-state index contributed by atoms with van der Waals surface area (Å²) in [6.45, 7) is 1.76. The van der Waals surface area contributed by atoms with Crippen LogP contribution in [0.15, 0.2) is 35.2 Å². The lowest BCUT2D eigenvalue weighted by Gasteiger charge is -2.09. The minimum absolute atomic E-state index is 0.150. The summed E-state index contributed by atoms with van der Waals surface area (Å²) in [5.41, 5.74) is 5.32. The Kier molecular flexibility index (Phi) is 3.06. The van der Waals surface area contributed by atoms with E-state index in [0.717, 1.165) is 0 Å².